The first-order valence-electron chi connectivity index (χ1n) is 25.0. The molecule has 0 saturated heterocycles. The van der Waals surface area contributed by atoms with Gasteiger partial charge in [-0.1, -0.05) is 151 Å². The third-order valence-corrected chi connectivity index (χ3v) is 8.29. The second-order valence-corrected chi connectivity index (χ2v) is 10.8. The van der Waals surface area contributed by atoms with Crippen molar-refractivity contribution in [3.05, 3.63) is 169 Å². The Labute approximate surface area is 301 Å². The SMILES string of the molecule is [2H]c1c([2H])c([2H])c2c(oc3c([2H])c(-c4ccc5ccccc5c4)c([2H])c([2H])c32)c1-c1c2c([2H])c([2H])c([2H])c([2H])c2c(-c2c([2H])c([2H])c([2H])c3c([2H])c([2H])c([2H])c([2H])c23)c2c([2H])c([2H])c([2H])c([2H])c12. The maximum Gasteiger partial charge on any atom is 0.143 e. The molecule has 0 spiro atoms. The molecule has 1 nitrogen and oxygen atoms in total. The predicted octanol–water partition coefficient (Wildman–Crippen LogP) is 13.2. The first-order chi connectivity index (χ1) is 32.1. The fourth-order valence-electron chi connectivity index (χ4n) is 6.21. The molecule has 1 heterocycles. The molecule has 0 radical (unpaired) electrons. The Morgan fingerprint density at radius 1 is 0.404 bits per heavy atom. The van der Waals surface area contributed by atoms with Gasteiger partial charge in [0.1, 0.15) is 11.2 Å². The monoisotopic (exact) mass is 617 g/mol. The maximum atomic E-state index is 9.49. The summed E-state index contributed by atoms with van der Waals surface area (Å²) in [5.41, 5.74) is -2.89. The van der Waals surface area contributed by atoms with Crippen molar-refractivity contribution in [1.29, 1.82) is 0 Å². The zero-order valence-electron chi connectivity index (χ0n) is 44.9. The predicted molar refractivity (Wildman–Crippen MR) is 200 cm³/mol. The van der Waals surface area contributed by atoms with Crippen molar-refractivity contribution in [2.75, 3.05) is 0 Å². The van der Waals surface area contributed by atoms with Gasteiger partial charge in [-0.15, -0.1) is 0 Å². The summed E-state index contributed by atoms with van der Waals surface area (Å²) in [5.74, 6) is 0. The molecule has 218 valence electrons. The molecule has 1 heteroatoms. The largest absolute Gasteiger partial charge is 0.455 e. The Kier molecular flexibility index (Phi) is 2.79. The Morgan fingerprint density at radius 3 is 1.77 bits per heavy atom. The van der Waals surface area contributed by atoms with E-state index in [1.54, 1.807) is 24.3 Å². The molecule has 0 aliphatic rings. The zero-order valence-corrected chi connectivity index (χ0v) is 23.9. The van der Waals surface area contributed by atoms with Crippen LogP contribution in [0.25, 0.3) is 98.4 Å². The van der Waals surface area contributed by atoms with Crippen LogP contribution in [0.1, 0.15) is 28.8 Å². The fourth-order valence-corrected chi connectivity index (χ4v) is 6.21. The molecular weight excluding hydrogens is 569 g/mol. The molecule has 0 bridgehead atoms. The molecule has 0 aliphatic carbocycles. The minimum atomic E-state index is -0.902. The van der Waals surface area contributed by atoms with E-state index < -0.39 is 187 Å². The topological polar surface area (TPSA) is 13.1 Å². The van der Waals surface area contributed by atoms with Gasteiger partial charge in [0.2, 0.25) is 0 Å². The van der Waals surface area contributed by atoms with Gasteiger partial charge in [-0.25, -0.2) is 0 Å². The van der Waals surface area contributed by atoms with E-state index in [0.29, 0.717) is 5.56 Å². The lowest BCUT2D eigenvalue weighted by Crippen LogP contribution is -1.91. The minimum absolute atomic E-state index is 0.0371. The number of para-hydroxylation sites is 1. The summed E-state index contributed by atoms with van der Waals surface area (Å²) in [4.78, 5) is 0. The molecule has 0 N–H and O–H groups in total. The fraction of sp³-hybridized carbons (Fsp3) is 0. The molecule has 10 rings (SSSR count). The van der Waals surface area contributed by atoms with Crippen molar-refractivity contribution in [1.82, 2.24) is 0 Å². The van der Waals surface area contributed by atoms with E-state index in [1.807, 2.05) is 18.2 Å². The van der Waals surface area contributed by atoms with Crippen LogP contribution in [-0.2, 0) is 0 Å². The van der Waals surface area contributed by atoms with E-state index in [2.05, 4.69) is 0 Å². The lowest BCUT2D eigenvalue weighted by atomic mass is 9.84. The van der Waals surface area contributed by atoms with Gasteiger partial charge in [0.05, 0.1) is 28.8 Å². The Bertz CT molecular complexity index is 3960. The highest BCUT2D eigenvalue weighted by atomic mass is 16.3. The summed E-state index contributed by atoms with van der Waals surface area (Å²) < 4.78 is 197. The average molecular weight is 618 g/mol. The molecule has 0 fully saturated rings. The van der Waals surface area contributed by atoms with E-state index in [9.17, 15) is 12.3 Å². The number of hydrogen-bond acceptors (Lipinski definition) is 1. The van der Waals surface area contributed by atoms with Crippen LogP contribution < -0.4 is 0 Å². The van der Waals surface area contributed by atoms with Gasteiger partial charge >= 0.3 is 0 Å². The zero-order chi connectivity index (χ0) is 49.2. The molecule has 0 saturated carbocycles. The van der Waals surface area contributed by atoms with Crippen molar-refractivity contribution in [2.45, 2.75) is 0 Å². The molecule has 0 unspecified atom stereocenters. The van der Waals surface area contributed by atoms with Crippen LogP contribution in [0.5, 0.6) is 0 Å². The summed E-state index contributed by atoms with van der Waals surface area (Å²) in [6, 6.07) is -4.28. The average Bonchev–Trinajstić information content (AvgIpc) is 3.73. The number of furan rings is 1. The quantitative estimate of drug-likeness (QED) is 0.180. The second-order valence-electron chi connectivity index (χ2n) is 10.8. The third kappa shape index (κ3) is 3.97. The van der Waals surface area contributed by atoms with Crippen LogP contribution in [0.3, 0.4) is 0 Å². The summed E-state index contributed by atoms with van der Waals surface area (Å²) in [6.45, 7) is 0. The Morgan fingerprint density at radius 2 is 1.00 bits per heavy atom. The van der Waals surface area contributed by atoms with Gasteiger partial charge in [0, 0.05) is 21.9 Å². The lowest BCUT2D eigenvalue weighted by molar-refractivity contribution is 0.670. The van der Waals surface area contributed by atoms with Crippen molar-refractivity contribution in [2.24, 2.45) is 0 Å². The summed E-state index contributed by atoms with van der Waals surface area (Å²) in [5, 5.41) is -2.57. The van der Waals surface area contributed by atoms with Crippen LogP contribution in [0.2, 0.25) is 0 Å². The van der Waals surface area contributed by atoms with Crippen LogP contribution in [-0.4, -0.2) is 0 Å². The minimum Gasteiger partial charge on any atom is -0.455 e. The molecule has 10 aromatic rings. The standard InChI is InChI=1S/C46H28O/c1-2-13-31-27-32(24-23-29(31)11-1)33-25-26-35-41-21-10-22-42(46(41)47-43(35)28-33)45-39-18-7-5-16-37(39)44(38-17-6-8-19-40(38)45)36-20-9-14-30-12-3-4-15-34(30)36/h1-28H/i3D,4D,5D,6D,7D,8D,9D,10D,12D,14D,15D,16D,17D,18D,19D,20D,21D,22D,25D,26D,28D. The van der Waals surface area contributed by atoms with E-state index in [-0.39, 0.29) is 21.9 Å². The van der Waals surface area contributed by atoms with Gasteiger partial charge in [-0.05, 0) is 83.5 Å². The van der Waals surface area contributed by atoms with Gasteiger partial charge in [-0.2, -0.15) is 0 Å². The normalized spacial score (nSPS) is 18.1. The smallest absolute Gasteiger partial charge is 0.143 e. The van der Waals surface area contributed by atoms with Gasteiger partial charge < -0.3 is 4.42 Å². The number of fused-ring (bicyclic) bond motifs is 7. The molecule has 0 atom stereocenters. The van der Waals surface area contributed by atoms with Crippen molar-refractivity contribution in [3.8, 4) is 33.4 Å². The number of benzene rings is 9. The summed E-state index contributed by atoms with van der Waals surface area (Å²) >= 11 is 0. The Balaban J connectivity index is 1.50. The van der Waals surface area contributed by atoms with E-state index >= 15 is 0 Å². The molecular formula is C46H28O. The van der Waals surface area contributed by atoms with Crippen molar-refractivity contribution in [3.63, 3.8) is 0 Å². The highest BCUT2D eigenvalue weighted by Crippen LogP contribution is 2.47. The number of rotatable bonds is 3. The molecule has 47 heavy (non-hydrogen) atoms. The second kappa shape index (κ2) is 10.2. The van der Waals surface area contributed by atoms with Crippen LogP contribution >= 0.6 is 0 Å². The van der Waals surface area contributed by atoms with Gasteiger partial charge in [0.25, 0.3) is 0 Å². The van der Waals surface area contributed by atoms with Crippen LogP contribution in [0.4, 0.5) is 0 Å². The Hall–Kier alpha value is -6.18. The first-order valence-corrected chi connectivity index (χ1v) is 14.5. The molecule has 0 amide bonds. The van der Waals surface area contributed by atoms with E-state index in [1.165, 1.54) is 0 Å². The summed E-state index contributed by atoms with van der Waals surface area (Å²) in [6.07, 6.45) is 0. The number of hydrogen-bond donors (Lipinski definition) is 0. The highest BCUT2D eigenvalue weighted by Gasteiger charge is 2.21. The van der Waals surface area contributed by atoms with E-state index in [0.717, 1.165) is 10.8 Å². The van der Waals surface area contributed by atoms with Crippen LogP contribution in [0.15, 0.2) is 174 Å². The maximum absolute atomic E-state index is 9.49. The third-order valence-electron chi connectivity index (χ3n) is 8.29. The highest BCUT2D eigenvalue weighted by molar-refractivity contribution is 6.25. The van der Waals surface area contributed by atoms with Crippen LogP contribution in [0, 0.1) is 0 Å². The van der Waals surface area contributed by atoms with Crippen molar-refractivity contribution >= 4 is 65.0 Å². The van der Waals surface area contributed by atoms with Gasteiger partial charge in [-0.3, -0.25) is 0 Å². The lowest BCUT2D eigenvalue weighted by Gasteiger charge is -2.18. The summed E-state index contributed by atoms with van der Waals surface area (Å²) in [7, 11) is 0. The molecule has 0 aliphatic heterocycles. The molecule has 1 aromatic heterocycles. The van der Waals surface area contributed by atoms with Gasteiger partial charge in [0.15, 0.2) is 0 Å². The first kappa shape index (κ1) is 12.9. The van der Waals surface area contributed by atoms with Crippen molar-refractivity contribution < 1.29 is 33.2 Å². The molecule has 9 aromatic carbocycles. The van der Waals surface area contributed by atoms with E-state index in [4.69, 9.17) is 20.9 Å².